The first-order valence-electron chi connectivity index (χ1n) is 11.1. The summed E-state index contributed by atoms with van der Waals surface area (Å²) < 4.78 is 25.7. The molecule has 6 rings (SSSR count). The highest BCUT2D eigenvalue weighted by atomic mass is 19.1. The van der Waals surface area contributed by atoms with E-state index in [0.717, 1.165) is 19.3 Å². The van der Waals surface area contributed by atoms with Gasteiger partial charge in [0.1, 0.15) is 5.54 Å². The summed E-state index contributed by atoms with van der Waals surface area (Å²) in [5.41, 5.74) is 1.55. The van der Waals surface area contributed by atoms with E-state index in [1.165, 1.54) is 26.2 Å². The maximum atomic E-state index is 14.8. The maximum absolute atomic E-state index is 14.8. The summed E-state index contributed by atoms with van der Waals surface area (Å²) in [7, 11) is 0. The second-order valence-corrected chi connectivity index (χ2v) is 10.8. The third kappa shape index (κ3) is 2.55. The molecule has 6 saturated carbocycles. The van der Waals surface area contributed by atoms with E-state index in [9.17, 15) is 23.9 Å². The first-order valence-corrected chi connectivity index (χ1v) is 11.1. The number of carboxylic acid groups (broad SMARTS) is 1. The van der Waals surface area contributed by atoms with E-state index in [0.29, 0.717) is 17.8 Å². The van der Waals surface area contributed by atoms with Crippen LogP contribution in [0.4, 0.5) is 4.39 Å². The molecule has 4 bridgehead atoms. The lowest BCUT2D eigenvalue weighted by Crippen LogP contribution is -2.58. The van der Waals surface area contributed by atoms with Crippen LogP contribution in [-0.2, 0) is 23.9 Å². The molecule has 0 aromatic rings. The van der Waals surface area contributed by atoms with E-state index in [1.807, 2.05) is 0 Å². The van der Waals surface area contributed by atoms with Crippen LogP contribution in [0.2, 0.25) is 0 Å². The van der Waals surface area contributed by atoms with Crippen LogP contribution in [0.1, 0.15) is 58.8 Å². The Morgan fingerprint density at radius 1 is 1.00 bits per heavy atom. The zero-order valence-electron chi connectivity index (χ0n) is 17.4. The Morgan fingerprint density at radius 3 is 2.00 bits per heavy atom. The predicted molar refractivity (Wildman–Crippen MR) is 101 cm³/mol. The molecular formula is C22H30FNO6. The minimum atomic E-state index is -2.49. The number of ether oxygens (including phenoxy) is 2. The van der Waals surface area contributed by atoms with Crippen LogP contribution in [0.15, 0.2) is 0 Å². The normalized spacial score (nSPS) is 51.2. The van der Waals surface area contributed by atoms with Crippen LogP contribution in [0.3, 0.4) is 0 Å². The van der Waals surface area contributed by atoms with E-state index in [2.05, 4.69) is 0 Å². The molecule has 0 radical (unpaired) electrons. The first kappa shape index (κ1) is 20.2. The van der Waals surface area contributed by atoms with Gasteiger partial charge < -0.3 is 20.3 Å². The van der Waals surface area contributed by atoms with Crippen molar-refractivity contribution >= 4 is 17.9 Å². The Bertz CT molecular complexity index is 780. The van der Waals surface area contributed by atoms with Gasteiger partial charge in [-0.3, -0.25) is 4.79 Å². The van der Waals surface area contributed by atoms with Gasteiger partial charge in [0.15, 0.2) is 0 Å². The molecule has 6 atom stereocenters. The number of hydrogen-bond acceptors (Lipinski definition) is 6. The summed E-state index contributed by atoms with van der Waals surface area (Å²) in [6.07, 6.45) is 5.16. The topological polar surface area (TPSA) is 116 Å². The predicted octanol–water partition coefficient (Wildman–Crippen LogP) is 2.41. The van der Waals surface area contributed by atoms with Gasteiger partial charge >= 0.3 is 17.9 Å². The number of fused-ring (bicyclic) bond motifs is 1. The molecule has 7 nitrogen and oxygen atoms in total. The highest BCUT2D eigenvalue weighted by molar-refractivity contribution is 5.91. The van der Waals surface area contributed by atoms with Crippen LogP contribution in [0, 0.1) is 40.9 Å². The largest absolute Gasteiger partial charge is 0.479 e. The van der Waals surface area contributed by atoms with Gasteiger partial charge in [-0.1, -0.05) is 6.92 Å². The number of carbonyl (C=O) groups excluding carboxylic acids is 2. The fourth-order valence-corrected chi connectivity index (χ4v) is 7.83. The number of carboxylic acids is 1. The fourth-order valence-electron chi connectivity index (χ4n) is 7.83. The molecule has 3 N–H and O–H groups in total. The minimum absolute atomic E-state index is 0.209. The second kappa shape index (κ2) is 6.17. The molecule has 0 spiro atoms. The summed E-state index contributed by atoms with van der Waals surface area (Å²) in [6.45, 7) is 3.16. The van der Waals surface area contributed by atoms with Crippen molar-refractivity contribution in [2.75, 3.05) is 0 Å². The third-order valence-electron chi connectivity index (χ3n) is 8.92. The molecule has 6 aliphatic rings. The lowest BCUT2D eigenvalue weighted by Gasteiger charge is -2.55. The van der Waals surface area contributed by atoms with E-state index in [-0.39, 0.29) is 12.4 Å². The molecular weight excluding hydrogens is 393 g/mol. The van der Waals surface area contributed by atoms with Gasteiger partial charge in [0.05, 0.1) is 5.41 Å². The van der Waals surface area contributed by atoms with Gasteiger partial charge in [-0.05, 0) is 68.6 Å². The molecule has 0 saturated heterocycles. The van der Waals surface area contributed by atoms with E-state index >= 15 is 0 Å². The van der Waals surface area contributed by atoms with Crippen LogP contribution >= 0.6 is 0 Å². The average Bonchev–Trinajstić information content (AvgIpc) is 3.13. The minimum Gasteiger partial charge on any atom is -0.479 e. The standard InChI is InChI=1S/C22H30FNO6/c1-10-3-15-16(21(15,23)17(25)26)22(10,24)19(28)30-11(2)29-18(27)20-7-12-4-13(8-20)6-14(5-12)9-20/h10-16H,3-9,24H2,1-2H3,(H,25,26)/t10-,11+,12?,13?,14?,15-,16+,20?,21-,22+/m1/s1. The highest BCUT2D eigenvalue weighted by Crippen LogP contribution is 2.68. The summed E-state index contributed by atoms with van der Waals surface area (Å²) in [6, 6.07) is 0. The number of carbonyl (C=O) groups is 3. The van der Waals surface area contributed by atoms with Gasteiger partial charge in [-0.2, -0.15) is 0 Å². The highest BCUT2D eigenvalue weighted by Gasteiger charge is 2.84. The van der Waals surface area contributed by atoms with Crippen LogP contribution in [0.25, 0.3) is 0 Å². The molecule has 0 aromatic carbocycles. The number of hydrogen-bond donors (Lipinski definition) is 2. The van der Waals surface area contributed by atoms with E-state index < -0.39 is 52.6 Å². The maximum Gasteiger partial charge on any atom is 0.342 e. The van der Waals surface area contributed by atoms with Crippen molar-refractivity contribution in [2.45, 2.75) is 76.3 Å². The smallest absolute Gasteiger partial charge is 0.342 e. The second-order valence-electron chi connectivity index (χ2n) is 10.8. The lowest BCUT2D eigenvalue weighted by molar-refractivity contribution is -0.205. The third-order valence-corrected chi connectivity index (χ3v) is 8.92. The molecule has 6 fully saturated rings. The van der Waals surface area contributed by atoms with Crippen molar-refractivity contribution in [1.82, 2.24) is 0 Å². The zero-order chi connectivity index (χ0) is 21.6. The molecule has 30 heavy (non-hydrogen) atoms. The fraction of sp³-hybridized carbons (Fsp3) is 0.864. The summed E-state index contributed by atoms with van der Waals surface area (Å²) in [5.74, 6) is -3.39. The van der Waals surface area contributed by atoms with Crippen molar-refractivity contribution < 1.29 is 33.4 Å². The molecule has 0 heterocycles. The average molecular weight is 423 g/mol. The van der Waals surface area contributed by atoms with Crippen LogP contribution in [-0.4, -0.2) is 40.5 Å². The Hall–Kier alpha value is -1.70. The Morgan fingerprint density at radius 2 is 1.50 bits per heavy atom. The number of alkyl halides is 1. The molecule has 0 aliphatic heterocycles. The van der Waals surface area contributed by atoms with Crippen molar-refractivity contribution in [2.24, 2.45) is 46.7 Å². The quantitative estimate of drug-likeness (QED) is 0.515. The Labute approximate surface area is 174 Å². The van der Waals surface area contributed by atoms with Gasteiger partial charge in [-0.25, -0.2) is 14.0 Å². The molecule has 0 aromatic heterocycles. The van der Waals surface area contributed by atoms with E-state index in [1.54, 1.807) is 6.92 Å². The summed E-state index contributed by atoms with van der Waals surface area (Å²) >= 11 is 0. The van der Waals surface area contributed by atoms with Crippen molar-refractivity contribution in [3.05, 3.63) is 0 Å². The van der Waals surface area contributed by atoms with Gasteiger partial charge in [-0.15, -0.1) is 0 Å². The van der Waals surface area contributed by atoms with Gasteiger partial charge in [0.25, 0.3) is 0 Å². The Balaban J connectivity index is 1.25. The van der Waals surface area contributed by atoms with E-state index in [4.69, 9.17) is 15.2 Å². The SMILES string of the molecule is C[C@@H](OC(=O)C12CC3CC(CC(C3)C1)C2)OC(=O)[C@]1(N)[C@H](C)C[C@@H]2[C@H]1[C@@]2(F)C(=O)O. The molecule has 0 amide bonds. The Kier molecular flexibility index (Phi) is 4.16. The first-order chi connectivity index (χ1) is 14.0. The molecule has 8 heteroatoms. The van der Waals surface area contributed by atoms with Crippen molar-refractivity contribution in [3.63, 3.8) is 0 Å². The number of aliphatic carboxylic acids is 1. The number of nitrogens with two attached hydrogens (primary N) is 1. The van der Waals surface area contributed by atoms with Crippen LogP contribution in [0.5, 0.6) is 0 Å². The zero-order valence-corrected chi connectivity index (χ0v) is 17.4. The number of rotatable bonds is 5. The van der Waals surface area contributed by atoms with Gasteiger partial charge in [0.2, 0.25) is 12.0 Å². The van der Waals surface area contributed by atoms with Crippen molar-refractivity contribution in [3.8, 4) is 0 Å². The number of esters is 2. The summed E-state index contributed by atoms with van der Waals surface area (Å²) in [5, 5.41) is 9.22. The van der Waals surface area contributed by atoms with Crippen molar-refractivity contribution in [1.29, 1.82) is 0 Å². The summed E-state index contributed by atoms with van der Waals surface area (Å²) in [4.78, 5) is 37.2. The lowest BCUT2D eigenvalue weighted by atomic mass is 9.49. The molecule has 166 valence electrons. The van der Waals surface area contributed by atoms with Gasteiger partial charge in [0, 0.05) is 18.8 Å². The monoisotopic (exact) mass is 423 g/mol. The molecule has 0 unspecified atom stereocenters. The van der Waals surface area contributed by atoms with Crippen LogP contribution < -0.4 is 5.73 Å². The molecule has 6 aliphatic carbocycles. The number of halogens is 1.